The van der Waals surface area contributed by atoms with Gasteiger partial charge in [0.25, 0.3) is 0 Å². The molecule has 98 valence electrons. The third-order valence-electron chi connectivity index (χ3n) is 4.19. The van der Waals surface area contributed by atoms with Gasteiger partial charge in [0.05, 0.1) is 12.5 Å². The molecule has 0 spiro atoms. The molecule has 2 fully saturated rings. The van der Waals surface area contributed by atoms with Crippen molar-refractivity contribution in [3.8, 4) is 0 Å². The molecule has 0 radical (unpaired) electrons. The Morgan fingerprint density at radius 2 is 2.12 bits per heavy atom. The van der Waals surface area contributed by atoms with Crippen LogP contribution in [0, 0.1) is 11.8 Å². The van der Waals surface area contributed by atoms with Gasteiger partial charge in [-0.05, 0) is 38.5 Å². The van der Waals surface area contributed by atoms with Crippen LogP contribution >= 0.6 is 0 Å². The average molecular weight is 239 g/mol. The number of carbonyl (C=O) groups is 1. The first-order valence-electron chi connectivity index (χ1n) is 7.17. The van der Waals surface area contributed by atoms with Crippen molar-refractivity contribution >= 4 is 5.97 Å². The lowest BCUT2D eigenvalue weighted by molar-refractivity contribution is -0.149. The Balaban J connectivity index is 1.75. The van der Waals surface area contributed by atoms with E-state index in [0.29, 0.717) is 12.6 Å². The van der Waals surface area contributed by atoms with Crippen molar-refractivity contribution in [2.75, 3.05) is 6.61 Å². The van der Waals surface area contributed by atoms with Gasteiger partial charge in [-0.3, -0.25) is 4.79 Å². The van der Waals surface area contributed by atoms with E-state index in [4.69, 9.17) is 4.74 Å². The van der Waals surface area contributed by atoms with Crippen molar-refractivity contribution in [1.82, 2.24) is 5.32 Å². The molecule has 0 aliphatic heterocycles. The summed E-state index contributed by atoms with van der Waals surface area (Å²) in [5.74, 6) is 1.04. The molecule has 2 aliphatic carbocycles. The van der Waals surface area contributed by atoms with Gasteiger partial charge in [0.15, 0.2) is 0 Å². The Bertz CT molecular complexity index is 267. The van der Waals surface area contributed by atoms with Gasteiger partial charge in [-0.25, -0.2) is 0 Å². The lowest BCUT2D eigenvalue weighted by Crippen LogP contribution is -2.38. The van der Waals surface area contributed by atoms with Gasteiger partial charge < -0.3 is 10.1 Å². The van der Waals surface area contributed by atoms with Gasteiger partial charge in [-0.2, -0.15) is 0 Å². The zero-order valence-corrected chi connectivity index (χ0v) is 11.1. The third kappa shape index (κ3) is 3.44. The summed E-state index contributed by atoms with van der Waals surface area (Å²) < 4.78 is 5.13. The first-order valence-corrected chi connectivity index (χ1v) is 7.17. The molecule has 2 saturated carbocycles. The Hall–Kier alpha value is -0.570. The first kappa shape index (κ1) is 12.9. The molecule has 0 heterocycles. The largest absolute Gasteiger partial charge is 0.466 e. The number of esters is 1. The summed E-state index contributed by atoms with van der Waals surface area (Å²) in [6, 6.07) is 1.27. The number of carbonyl (C=O) groups excluding carboxylic acids is 1. The number of hydrogen-bond donors (Lipinski definition) is 1. The topological polar surface area (TPSA) is 38.3 Å². The minimum atomic E-state index is 0.0156. The van der Waals surface area contributed by atoms with E-state index in [9.17, 15) is 4.79 Å². The van der Waals surface area contributed by atoms with Crippen LogP contribution in [0.15, 0.2) is 0 Å². The van der Waals surface area contributed by atoms with E-state index in [0.717, 1.165) is 31.2 Å². The summed E-state index contributed by atoms with van der Waals surface area (Å²) in [5.41, 5.74) is 0. The van der Waals surface area contributed by atoms with Gasteiger partial charge in [0.1, 0.15) is 0 Å². The van der Waals surface area contributed by atoms with E-state index < -0.39 is 0 Å². The van der Waals surface area contributed by atoms with Crippen LogP contribution in [-0.4, -0.2) is 24.7 Å². The molecule has 0 amide bonds. The second kappa shape index (κ2) is 5.85. The minimum absolute atomic E-state index is 0.0156. The second-order valence-electron chi connectivity index (χ2n) is 5.49. The Morgan fingerprint density at radius 1 is 1.29 bits per heavy atom. The normalized spacial score (nSPS) is 36.6. The van der Waals surface area contributed by atoms with Crippen molar-refractivity contribution in [2.45, 2.75) is 64.5 Å². The number of nitrogens with one attached hydrogen (secondary N) is 1. The fourth-order valence-electron chi connectivity index (χ4n) is 3.02. The lowest BCUT2D eigenvalue weighted by atomic mass is 9.85. The van der Waals surface area contributed by atoms with Crippen LogP contribution in [0.2, 0.25) is 0 Å². The lowest BCUT2D eigenvalue weighted by Gasteiger charge is -2.28. The van der Waals surface area contributed by atoms with E-state index in [2.05, 4.69) is 12.2 Å². The van der Waals surface area contributed by atoms with Gasteiger partial charge >= 0.3 is 5.97 Å². The summed E-state index contributed by atoms with van der Waals surface area (Å²) in [5, 5.41) is 3.71. The quantitative estimate of drug-likeness (QED) is 0.749. The van der Waals surface area contributed by atoms with Crippen LogP contribution in [0.1, 0.15) is 52.4 Å². The highest BCUT2D eigenvalue weighted by molar-refractivity contribution is 5.72. The van der Waals surface area contributed by atoms with Crippen molar-refractivity contribution in [2.24, 2.45) is 11.8 Å². The third-order valence-corrected chi connectivity index (χ3v) is 4.19. The van der Waals surface area contributed by atoms with E-state index in [-0.39, 0.29) is 11.9 Å². The minimum Gasteiger partial charge on any atom is -0.466 e. The summed E-state index contributed by atoms with van der Waals surface area (Å²) in [6.07, 6.45) is 6.99. The first-order chi connectivity index (χ1) is 8.24. The Morgan fingerprint density at radius 3 is 2.76 bits per heavy atom. The van der Waals surface area contributed by atoms with E-state index in [1.165, 1.54) is 19.3 Å². The second-order valence-corrected chi connectivity index (χ2v) is 5.49. The summed E-state index contributed by atoms with van der Waals surface area (Å²) in [7, 11) is 0. The smallest absolute Gasteiger partial charge is 0.308 e. The van der Waals surface area contributed by atoms with Crippen molar-refractivity contribution in [3.63, 3.8) is 0 Å². The van der Waals surface area contributed by atoms with Crippen LogP contribution in [-0.2, 0) is 9.53 Å². The SMILES string of the molecule is CCOC(=O)C1CCCC(NC2CC2CC)C1. The summed E-state index contributed by atoms with van der Waals surface area (Å²) in [6.45, 7) is 4.65. The molecule has 2 rings (SSSR count). The van der Waals surface area contributed by atoms with Gasteiger partial charge in [-0.1, -0.05) is 19.8 Å². The maximum Gasteiger partial charge on any atom is 0.308 e. The standard InChI is InChI=1S/C14H25NO2/c1-3-10-9-13(10)15-12-7-5-6-11(8-12)14(16)17-4-2/h10-13,15H,3-9H2,1-2H3. The van der Waals surface area contributed by atoms with E-state index in [1.54, 1.807) is 0 Å². The van der Waals surface area contributed by atoms with Crippen LogP contribution < -0.4 is 5.32 Å². The number of hydrogen-bond acceptors (Lipinski definition) is 3. The molecule has 4 atom stereocenters. The van der Waals surface area contributed by atoms with Crippen LogP contribution in [0.3, 0.4) is 0 Å². The van der Waals surface area contributed by atoms with Crippen molar-refractivity contribution in [1.29, 1.82) is 0 Å². The van der Waals surface area contributed by atoms with Crippen molar-refractivity contribution < 1.29 is 9.53 Å². The highest BCUT2D eigenvalue weighted by Gasteiger charge is 2.38. The monoisotopic (exact) mass is 239 g/mol. The molecular formula is C14H25NO2. The molecule has 2 aliphatic rings. The Kier molecular flexibility index (Phi) is 4.43. The molecule has 0 saturated heterocycles. The maximum atomic E-state index is 11.7. The number of rotatable bonds is 5. The fourth-order valence-corrected chi connectivity index (χ4v) is 3.02. The van der Waals surface area contributed by atoms with Crippen LogP contribution in [0.25, 0.3) is 0 Å². The molecule has 0 aromatic rings. The molecule has 0 bridgehead atoms. The highest BCUT2D eigenvalue weighted by Crippen LogP contribution is 2.35. The average Bonchev–Trinajstić information content (AvgIpc) is 3.08. The Labute approximate surface area is 104 Å². The summed E-state index contributed by atoms with van der Waals surface area (Å²) in [4.78, 5) is 11.7. The number of ether oxygens (including phenoxy) is 1. The predicted octanol–water partition coefficient (Wildman–Crippen LogP) is 2.50. The highest BCUT2D eigenvalue weighted by atomic mass is 16.5. The molecule has 0 aromatic carbocycles. The van der Waals surface area contributed by atoms with Gasteiger partial charge in [0.2, 0.25) is 0 Å². The molecule has 3 nitrogen and oxygen atoms in total. The van der Waals surface area contributed by atoms with Crippen LogP contribution in [0.5, 0.6) is 0 Å². The predicted molar refractivity (Wildman–Crippen MR) is 67.7 cm³/mol. The molecule has 4 unspecified atom stereocenters. The summed E-state index contributed by atoms with van der Waals surface area (Å²) >= 11 is 0. The molecule has 17 heavy (non-hydrogen) atoms. The zero-order chi connectivity index (χ0) is 12.3. The molecular weight excluding hydrogens is 214 g/mol. The van der Waals surface area contributed by atoms with E-state index in [1.807, 2.05) is 6.92 Å². The molecule has 1 N–H and O–H groups in total. The fraction of sp³-hybridized carbons (Fsp3) is 0.929. The zero-order valence-electron chi connectivity index (χ0n) is 11.1. The van der Waals surface area contributed by atoms with Gasteiger partial charge in [0, 0.05) is 12.1 Å². The van der Waals surface area contributed by atoms with E-state index >= 15 is 0 Å². The molecule has 0 aromatic heterocycles. The van der Waals surface area contributed by atoms with Gasteiger partial charge in [-0.15, -0.1) is 0 Å². The van der Waals surface area contributed by atoms with Crippen LogP contribution in [0.4, 0.5) is 0 Å². The van der Waals surface area contributed by atoms with Crippen molar-refractivity contribution in [3.05, 3.63) is 0 Å². The molecule has 3 heteroatoms. The maximum absolute atomic E-state index is 11.7.